The molecule has 0 radical (unpaired) electrons. The zero-order chi connectivity index (χ0) is 26.0. The van der Waals surface area contributed by atoms with Crippen LogP contribution in [0, 0.1) is 6.92 Å². The van der Waals surface area contributed by atoms with Gasteiger partial charge >= 0.3 is 0 Å². The average Bonchev–Trinajstić information content (AvgIpc) is 3.23. The van der Waals surface area contributed by atoms with Crippen molar-refractivity contribution in [3.8, 4) is 11.1 Å². The van der Waals surface area contributed by atoms with Crippen LogP contribution < -0.4 is 0 Å². The predicted molar refractivity (Wildman–Crippen MR) is 145 cm³/mol. The number of rotatable bonds is 8. The normalized spacial score (nSPS) is 11.7. The van der Waals surface area contributed by atoms with Gasteiger partial charge in [0.05, 0.1) is 22.3 Å². The first-order chi connectivity index (χ1) is 17.1. The van der Waals surface area contributed by atoms with Crippen LogP contribution in [0.4, 0.5) is 0 Å². The second-order valence-electron chi connectivity index (χ2n) is 9.37. The molecular weight excluding hydrogens is 470 g/mol. The zero-order valence-corrected chi connectivity index (χ0v) is 22.4. The molecule has 1 aromatic heterocycles. The van der Waals surface area contributed by atoms with Gasteiger partial charge in [0.25, 0.3) is 5.91 Å². The van der Waals surface area contributed by atoms with Gasteiger partial charge in [-0.1, -0.05) is 32.0 Å². The van der Waals surface area contributed by atoms with Crippen LogP contribution in [0.5, 0.6) is 0 Å². The summed E-state index contributed by atoms with van der Waals surface area (Å²) in [7, 11) is -1.35. The Labute approximate surface area is 213 Å². The average molecular weight is 504 g/mol. The number of carbonyl (C=O) groups excluding carboxylic acids is 1. The third-order valence-electron chi connectivity index (χ3n) is 6.67. The number of benzene rings is 3. The number of aromatic nitrogens is 2. The molecule has 1 amide bonds. The van der Waals surface area contributed by atoms with E-state index in [9.17, 15) is 13.2 Å². The molecule has 0 saturated carbocycles. The minimum atomic E-state index is -3.34. The Morgan fingerprint density at radius 1 is 0.972 bits per heavy atom. The Hall–Kier alpha value is -3.45. The molecule has 0 N–H and O–H groups in total. The standard InChI is InChI=1S/C29H33N3O3S/c1-6-14-32(29(33)26-12-11-25(36(5,34)35)16-21(26)7-2)18-24-15-22(9-8-20(24)3)23-10-13-28-27(17-23)30-19-31(28)4/h8-13,15-17,19H,6-7,14,18H2,1-5H3. The lowest BCUT2D eigenvalue weighted by Crippen LogP contribution is -2.32. The first kappa shape index (κ1) is 25.6. The largest absolute Gasteiger partial charge is 0.334 e. The van der Waals surface area contributed by atoms with Gasteiger partial charge < -0.3 is 9.47 Å². The van der Waals surface area contributed by atoms with Crippen LogP contribution >= 0.6 is 0 Å². The number of hydrogen-bond acceptors (Lipinski definition) is 4. The number of sulfone groups is 1. The summed E-state index contributed by atoms with van der Waals surface area (Å²) in [5, 5.41) is 0. The lowest BCUT2D eigenvalue weighted by atomic mass is 9.98. The van der Waals surface area contributed by atoms with E-state index in [2.05, 4.69) is 55.2 Å². The van der Waals surface area contributed by atoms with Crippen LogP contribution in [0.1, 0.15) is 47.3 Å². The maximum absolute atomic E-state index is 13.7. The summed E-state index contributed by atoms with van der Waals surface area (Å²) in [5.41, 5.74) is 7.71. The molecule has 36 heavy (non-hydrogen) atoms. The van der Waals surface area contributed by atoms with E-state index in [-0.39, 0.29) is 10.8 Å². The van der Waals surface area contributed by atoms with Gasteiger partial charge in [0.15, 0.2) is 9.84 Å². The molecule has 4 aromatic rings. The molecule has 188 valence electrons. The van der Waals surface area contributed by atoms with Gasteiger partial charge in [-0.3, -0.25) is 4.79 Å². The Balaban J connectivity index is 1.67. The van der Waals surface area contributed by atoms with Crippen molar-refractivity contribution >= 4 is 26.8 Å². The molecule has 3 aromatic carbocycles. The lowest BCUT2D eigenvalue weighted by Gasteiger charge is -2.25. The highest BCUT2D eigenvalue weighted by atomic mass is 32.2. The highest BCUT2D eigenvalue weighted by Crippen LogP contribution is 2.27. The van der Waals surface area contributed by atoms with Crippen LogP contribution in [0.25, 0.3) is 22.2 Å². The van der Waals surface area contributed by atoms with Gasteiger partial charge in [0, 0.05) is 32.0 Å². The van der Waals surface area contributed by atoms with Crippen molar-refractivity contribution in [3.63, 3.8) is 0 Å². The van der Waals surface area contributed by atoms with Crippen LogP contribution in [-0.2, 0) is 29.9 Å². The first-order valence-electron chi connectivity index (χ1n) is 12.3. The maximum atomic E-state index is 13.7. The summed E-state index contributed by atoms with van der Waals surface area (Å²) >= 11 is 0. The Morgan fingerprint density at radius 3 is 2.39 bits per heavy atom. The summed E-state index contributed by atoms with van der Waals surface area (Å²) in [4.78, 5) is 20.3. The van der Waals surface area contributed by atoms with Crippen LogP contribution in [0.3, 0.4) is 0 Å². The molecule has 0 atom stereocenters. The predicted octanol–water partition coefficient (Wildman–Crippen LogP) is 5.57. The fraction of sp³-hybridized carbons (Fsp3) is 0.310. The summed E-state index contributed by atoms with van der Waals surface area (Å²) in [5.74, 6) is -0.0755. The molecule has 0 aliphatic rings. The van der Waals surface area contributed by atoms with Crippen molar-refractivity contribution in [3.05, 3.63) is 83.2 Å². The summed E-state index contributed by atoms with van der Waals surface area (Å²) < 4.78 is 26.0. The van der Waals surface area contributed by atoms with Crippen molar-refractivity contribution < 1.29 is 13.2 Å². The molecule has 4 rings (SSSR count). The minimum Gasteiger partial charge on any atom is -0.334 e. The van der Waals surface area contributed by atoms with Crippen molar-refractivity contribution in [1.82, 2.24) is 14.5 Å². The molecular formula is C29H33N3O3S. The van der Waals surface area contributed by atoms with Gasteiger partial charge in [0.2, 0.25) is 0 Å². The number of carbonyl (C=O) groups is 1. The zero-order valence-electron chi connectivity index (χ0n) is 21.6. The Morgan fingerprint density at radius 2 is 1.69 bits per heavy atom. The van der Waals surface area contributed by atoms with Crippen LogP contribution in [0.2, 0.25) is 0 Å². The van der Waals surface area contributed by atoms with E-state index in [1.54, 1.807) is 12.1 Å². The number of hydrogen-bond donors (Lipinski definition) is 0. The van der Waals surface area contributed by atoms with E-state index >= 15 is 0 Å². The third kappa shape index (κ3) is 5.21. The number of fused-ring (bicyclic) bond motifs is 1. The molecule has 0 aliphatic heterocycles. The summed E-state index contributed by atoms with van der Waals surface area (Å²) in [6, 6.07) is 17.5. The van der Waals surface area contributed by atoms with Crippen molar-refractivity contribution in [2.75, 3.05) is 12.8 Å². The number of nitrogens with zero attached hydrogens (tertiary/aromatic N) is 3. The van der Waals surface area contributed by atoms with E-state index in [1.807, 2.05) is 29.8 Å². The molecule has 0 unspecified atom stereocenters. The van der Waals surface area contributed by atoms with Crippen molar-refractivity contribution in [2.45, 2.75) is 45.1 Å². The van der Waals surface area contributed by atoms with Gasteiger partial charge in [-0.25, -0.2) is 13.4 Å². The first-order valence-corrected chi connectivity index (χ1v) is 14.1. The lowest BCUT2D eigenvalue weighted by molar-refractivity contribution is 0.0741. The maximum Gasteiger partial charge on any atom is 0.254 e. The Bertz CT molecular complexity index is 1540. The molecule has 6 nitrogen and oxygen atoms in total. The smallest absolute Gasteiger partial charge is 0.254 e. The Kier molecular flexibility index (Phi) is 7.31. The quantitative estimate of drug-likeness (QED) is 0.315. The highest BCUT2D eigenvalue weighted by Gasteiger charge is 2.21. The molecule has 0 aliphatic carbocycles. The SMILES string of the molecule is CCCN(Cc1cc(-c2ccc3c(c2)ncn3C)ccc1C)C(=O)c1ccc(S(C)(=O)=O)cc1CC. The van der Waals surface area contributed by atoms with Gasteiger partial charge in [-0.2, -0.15) is 0 Å². The van der Waals surface area contributed by atoms with E-state index in [1.165, 1.54) is 12.3 Å². The summed E-state index contributed by atoms with van der Waals surface area (Å²) in [6.07, 6.45) is 4.41. The molecule has 0 bridgehead atoms. The molecule has 0 spiro atoms. The second kappa shape index (κ2) is 10.3. The van der Waals surface area contributed by atoms with Gasteiger partial charge in [-0.15, -0.1) is 0 Å². The fourth-order valence-corrected chi connectivity index (χ4v) is 5.21. The van der Waals surface area contributed by atoms with Gasteiger partial charge in [0.1, 0.15) is 0 Å². The minimum absolute atomic E-state index is 0.0755. The van der Waals surface area contributed by atoms with Crippen LogP contribution in [-0.4, -0.2) is 41.6 Å². The van der Waals surface area contributed by atoms with E-state index < -0.39 is 9.84 Å². The number of aryl methyl sites for hydroxylation is 3. The third-order valence-corrected chi connectivity index (χ3v) is 7.78. The van der Waals surface area contributed by atoms with Gasteiger partial charge in [-0.05, 0) is 84.0 Å². The molecule has 1 heterocycles. The monoisotopic (exact) mass is 503 g/mol. The number of imidazole rings is 1. The van der Waals surface area contributed by atoms with E-state index in [0.717, 1.165) is 45.3 Å². The van der Waals surface area contributed by atoms with E-state index in [4.69, 9.17) is 0 Å². The molecule has 0 fully saturated rings. The topological polar surface area (TPSA) is 72.3 Å². The van der Waals surface area contributed by atoms with Crippen LogP contribution in [0.15, 0.2) is 65.8 Å². The highest BCUT2D eigenvalue weighted by molar-refractivity contribution is 7.90. The van der Waals surface area contributed by atoms with Crippen molar-refractivity contribution in [2.24, 2.45) is 7.05 Å². The van der Waals surface area contributed by atoms with Crippen molar-refractivity contribution in [1.29, 1.82) is 0 Å². The molecule has 0 saturated heterocycles. The molecule has 7 heteroatoms. The number of amides is 1. The fourth-order valence-electron chi connectivity index (χ4n) is 4.54. The second-order valence-corrected chi connectivity index (χ2v) is 11.4. The summed E-state index contributed by atoms with van der Waals surface area (Å²) in [6.45, 7) is 7.15. The van der Waals surface area contributed by atoms with E-state index in [0.29, 0.717) is 25.1 Å².